The van der Waals surface area contributed by atoms with Gasteiger partial charge in [-0.1, -0.05) is 35.3 Å². The Bertz CT molecular complexity index is 833. The van der Waals surface area contributed by atoms with E-state index in [0.717, 1.165) is 5.69 Å². The molecule has 1 heterocycles. The van der Waals surface area contributed by atoms with Crippen LogP contribution >= 0.6 is 23.2 Å². The summed E-state index contributed by atoms with van der Waals surface area (Å²) >= 11 is 12.4. The Balaban J connectivity index is 1.72. The number of piperazine rings is 1. The predicted octanol–water partition coefficient (Wildman–Crippen LogP) is 3.74. The minimum Gasteiger partial charge on any atom is -0.465 e. The van der Waals surface area contributed by atoms with E-state index in [0.29, 0.717) is 47.4 Å². The fourth-order valence-electron chi connectivity index (χ4n) is 2.96. The van der Waals surface area contributed by atoms with Crippen LogP contribution in [0.4, 0.5) is 5.69 Å². The highest BCUT2D eigenvalue weighted by Gasteiger charge is 2.25. The molecule has 7 heteroatoms. The number of rotatable bonds is 3. The molecule has 2 aromatic rings. The number of halogens is 2. The van der Waals surface area contributed by atoms with Crippen molar-refractivity contribution >= 4 is 40.8 Å². The summed E-state index contributed by atoms with van der Waals surface area (Å²) in [6.45, 7) is 2.31. The fourth-order valence-corrected chi connectivity index (χ4v) is 3.41. The lowest BCUT2D eigenvalue weighted by Gasteiger charge is -2.36. The predicted molar refractivity (Wildman–Crippen MR) is 102 cm³/mol. The number of carbonyl (C=O) groups excluding carboxylic acids is 2. The van der Waals surface area contributed by atoms with Crippen molar-refractivity contribution in [2.24, 2.45) is 0 Å². The van der Waals surface area contributed by atoms with Crippen LogP contribution in [0.15, 0.2) is 42.5 Å². The second-order valence-electron chi connectivity index (χ2n) is 5.92. The lowest BCUT2D eigenvalue weighted by molar-refractivity contribution is 0.0600. The van der Waals surface area contributed by atoms with Crippen molar-refractivity contribution in [3.8, 4) is 0 Å². The van der Waals surface area contributed by atoms with E-state index in [9.17, 15) is 9.59 Å². The second kappa shape index (κ2) is 7.98. The molecule has 2 aromatic carbocycles. The van der Waals surface area contributed by atoms with Crippen LogP contribution in [0.2, 0.25) is 10.0 Å². The number of amides is 1. The summed E-state index contributed by atoms with van der Waals surface area (Å²) in [6, 6.07) is 12.1. The summed E-state index contributed by atoms with van der Waals surface area (Å²) in [5.41, 5.74) is 1.72. The maximum Gasteiger partial charge on any atom is 0.337 e. The number of hydrogen-bond donors (Lipinski definition) is 0. The number of hydrogen-bond acceptors (Lipinski definition) is 4. The molecule has 3 rings (SSSR count). The molecule has 0 aromatic heterocycles. The van der Waals surface area contributed by atoms with E-state index in [-0.39, 0.29) is 5.91 Å². The van der Waals surface area contributed by atoms with Crippen LogP contribution in [0.1, 0.15) is 20.7 Å². The van der Waals surface area contributed by atoms with Crippen molar-refractivity contribution in [2.45, 2.75) is 0 Å². The van der Waals surface area contributed by atoms with Gasteiger partial charge in [0.2, 0.25) is 0 Å². The molecule has 136 valence electrons. The third-order valence-corrected chi connectivity index (χ3v) is 5.03. The molecule has 1 aliphatic rings. The summed E-state index contributed by atoms with van der Waals surface area (Å²) < 4.78 is 4.76. The monoisotopic (exact) mass is 392 g/mol. The lowest BCUT2D eigenvalue weighted by atomic mass is 10.1. The van der Waals surface area contributed by atoms with Gasteiger partial charge in [-0.2, -0.15) is 0 Å². The molecule has 0 unspecified atom stereocenters. The molecule has 0 radical (unpaired) electrons. The molecular formula is C19H18Cl2N2O3. The molecule has 1 amide bonds. The first-order valence-corrected chi connectivity index (χ1v) is 8.93. The average molecular weight is 393 g/mol. The van der Waals surface area contributed by atoms with Crippen LogP contribution in [-0.4, -0.2) is 50.1 Å². The van der Waals surface area contributed by atoms with Gasteiger partial charge in [-0.3, -0.25) is 4.79 Å². The summed E-state index contributed by atoms with van der Waals surface area (Å²) in [5, 5.41) is 1.01. The quantitative estimate of drug-likeness (QED) is 0.746. The first-order chi connectivity index (χ1) is 12.5. The van der Waals surface area contributed by atoms with Gasteiger partial charge < -0.3 is 14.5 Å². The Labute approximate surface area is 162 Å². The normalized spacial score (nSPS) is 14.3. The molecule has 5 nitrogen and oxygen atoms in total. The largest absolute Gasteiger partial charge is 0.465 e. The van der Waals surface area contributed by atoms with Crippen molar-refractivity contribution in [3.63, 3.8) is 0 Å². The van der Waals surface area contributed by atoms with Gasteiger partial charge in [0.05, 0.1) is 34.0 Å². The molecule has 0 N–H and O–H groups in total. The Morgan fingerprint density at radius 3 is 2.31 bits per heavy atom. The average Bonchev–Trinajstić information content (AvgIpc) is 2.68. The highest BCUT2D eigenvalue weighted by Crippen LogP contribution is 2.29. The zero-order valence-electron chi connectivity index (χ0n) is 14.2. The van der Waals surface area contributed by atoms with Gasteiger partial charge in [0.15, 0.2) is 0 Å². The van der Waals surface area contributed by atoms with Crippen molar-refractivity contribution in [1.82, 2.24) is 4.90 Å². The third kappa shape index (κ3) is 3.79. The van der Waals surface area contributed by atoms with E-state index in [1.807, 2.05) is 0 Å². The minimum atomic E-state index is -0.407. The second-order valence-corrected chi connectivity index (χ2v) is 6.73. The van der Waals surface area contributed by atoms with Crippen molar-refractivity contribution < 1.29 is 14.3 Å². The highest BCUT2D eigenvalue weighted by molar-refractivity contribution is 6.34. The number of anilines is 1. The molecule has 0 spiro atoms. The lowest BCUT2D eigenvalue weighted by Crippen LogP contribution is -2.49. The van der Waals surface area contributed by atoms with Crippen molar-refractivity contribution in [3.05, 3.63) is 63.6 Å². The number of methoxy groups -OCH3 is 1. The van der Waals surface area contributed by atoms with Crippen molar-refractivity contribution in [1.29, 1.82) is 0 Å². The Kier molecular flexibility index (Phi) is 5.69. The number of nitrogens with zero attached hydrogens (tertiary/aromatic N) is 2. The SMILES string of the molecule is COC(=O)c1ccc(Cl)c(N2CCN(C(=O)c3ccccc3Cl)CC2)c1. The van der Waals surface area contributed by atoms with Crippen LogP contribution in [0, 0.1) is 0 Å². The molecule has 0 saturated carbocycles. The van der Waals surface area contributed by atoms with Crippen LogP contribution in [0.25, 0.3) is 0 Å². The number of esters is 1. The molecule has 1 aliphatic heterocycles. The highest BCUT2D eigenvalue weighted by atomic mass is 35.5. The zero-order chi connectivity index (χ0) is 18.7. The van der Waals surface area contributed by atoms with Crippen molar-refractivity contribution in [2.75, 3.05) is 38.2 Å². The summed E-state index contributed by atoms with van der Waals surface area (Å²) in [5.74, 6) is -0.486. The Morgan fingerprint density at radius 1 is 0.962 bits per heavy atom. The van der Waals surface area contributed by atoms with Gasteiger partial charge in [0.1, 0.15) is 0 Å². The summed E-state index contributed by atoms with van der Waals surface area (Å²) in [4.78, 5) is 28.2. The first-order valence-electron chi connectivity index (χ1n) is 8.18. The molecule has 0 aliphatic carbocycles. The van der Waals surface area contributed by atoms with Gasteiger partial charge >= 0.3 is 5.97 Å². The van der Waals surface area contributed by atoms with Crippen LogP contribution in [-0.2, 0) is 4.74 Å². The fraction of sp³-hybridized carbons (Fsp3) is 0.263. The molecule has 26 heavy (non-hydrogen) atoms. The minimum absolute atomic E-state index is 0.0790. The van der Waals surface area contributed by atoms with Gasteiger partial charge in [0, 0.05) is 26.2 Å². The summed E-state index contributed by atoms with van der Waals surface area (Å²) in [7, 11) is 1.34. The van der Waals surface area contributed by atoms with Gasteiger partial charge in [0.25, 0.3) is 5.91 Å². The third-order valence-electron chi connectivity index (χ3n) is 4.38. The first kappa shape index (κ1) is 18.5. The van der Waals surface area contributed by atoms with E-state index >= 15 is 0 Å². The standard InChI is InChI=1S/C19H18Cl2N2O3/c1-26-19(25)13-6-7-16(21)17(12-13)22-8-10-23(11-9-22)18(24)14-4-2-3-5-15(14)20/h2-7,12H,8-11H2,1H3. The van der Waals surface area contributed by atoms with E-state index in [2.05, 4.69) is 4.90 Å². The number of ether oxygens (including phenoxy) is 1. The molecule has 0 atom stereocenters. The zero-order valence-corrected chi connectivity index (χ0v) is 15.8. The number of benzene rings is 2. The van der Waals surface area contributed by atoms with Crippen LogP contribution < -0.4 is 4.90 Å². The van der Waals surface area contributed by atoms with Gasteiger partial charge in [-0.15, -0.1) is 0 Å². The van der Waals surface area contributed by atoms with E-state index < -0.39 is 5.97 Å². The topological polar surface area (TPSA) is 49.9 Å². The molecule has 0 bridgehead atoms. The van der Waals surface area contributed by atoms with Crippen LogP contribution in [0.3, 0.4) is 0 Å². The van der Waals surface area contributed by atoms with Gasteiger partial charge in [-0.05, 0) is 30.3 Å². The van der Waals surface area contributed by atoms with Crippen LogP contribution in [0.5, 0.6) is 0 Å². The van der Waals surface area contributed by atoms with E-state index in [1.165, 1.54) is 7.11 Å². The molecule has 1 saturated heterocycles. The smallest absolute Gasteiger partial charge is 0.337 e. The van der Waals surface area contributed by atoms with E-state index in [1.54, 1.807) is 47.4 Å². The van der Waals surface area contributed by atoms with Gasteiger partial charge in [-0.25, -0.2) is 4.79 Å². The number of carbonyl (C=O) groups is 2. The maximum atomic E-state index is 12.6. The molecule has 1 fully saturated rings. The van der Waals surface area contributed by atoms with E-state index in [4.69, 9.17) is 27.9 Å². The molecular weight excluding hydrogens is 375 g/mol. The summed E-state index contributed by atoms with van der Waals surface area (Å²) in [6.07, 6.45) is 0. The Morgan fingerprint density at radius 2 is 1.65 bits per heavy atom. The Hall–Kier alpha value is -2.24. The maximum absolute atomic E-state index is 12.6.